The minimum absolute atomic E-state index is 0.0198. The Labute approximate surface area is 192 Å². The summed E-state index contributed by atoms with van der Waals surface area (Å²) in [5.41, 5.74) is 6.77. The molecule has 0 aliphatic carbocycles. The molecule has 0 bridgehead atoms. The number of fused-ring (bicyclic) bond motifs is 1. The smallest absolute Gasteiger partial charge is 0.251 e. The highest BCUT2D eigenvalue weighted by atomic mass is 127. The van der Waals surface area contributed by atoms with Crippen molar-refractivity contribution in [2.45, 2.75) is 13.5 Å². The van der Waals surface area contributed by atoms with Crippen molar-refractivity contribution in [2.24, 2.45) is 0 Å². The Hall–Kier alpha value is -3.26. The number of aromatic amines is 1. The average molecular weight is 518 g/mol. The van der Waals surface area contributed by atoms with E-state index in [1.165, 1.54) is 0 Å². The normalized spacial score (nSPS) is 11.2. The van der Waals surface area contributed by atoms with Gasteiger partial charge in [-0.2, -0.15) is 5.10 Å². The van der Waals surface area contributed by atoms with Gasteiger partial charge in [0, 0.05) is 38.7 Å². The molecule has 5 rings (SSSR count). The van der Waals surface area contributed by atoms with E-state index in [2.05, 4.69) is 49.9 Å². The van der Waals surface area contributed by atoms with E-state index >= 15 is 0 Å². The van der Waals surface area contributed by atoms with Gasteiger partial charge < -0.3 is 4.57 Å². The molecule has 31 heavy (non-hydrogen) atoms. The Bertz CT molecular complexity index is 1470. The van der Waals surface area contributed by atoms with Crippen molar-refractivity contribution >= 4 is 33.5 Å². The van der Waals surface area contributed by atoms with Crippen LogP contribution in [0.25, 0.3) is 33.3 Å². The third-order valence-corrected chi connectivity index (χ3v) is 5.98. The molecule has 0 saturated carbocycles. The summed E-state index contributed by atoms with van der Waals surface area (Å²) < 4.78 is 2.89. The molecule has 152 valence electrons. The van der Waals surface area contributed by atoms with E-state index in [9.17, 15) is 4.79 Å². The maximum Gasteiger partial charge on any atom is 0.251 e. The molecule has 0 aliphatic heterocycles. The van der Waals surface area contributed by atoms with E-state index in [1.54, 1.807) is 16.8 Å². The van der Waals surface area contributed by atoms with Gasteiger partial charge in [0.05, 0.1) is 12.1 Å². The van der Waals surface area contributed by atoms with Gasteiger partial charge in [-0.15, -0.1) is 0 Å². The molecule has 0 radical (unpaired) electrons. The first-order chi connectivity index (χ1) is 15.1. The van der Waals surface area contributed by atoms with Crippen molar-refractivity contribution in [3.05, 3.63) is 104 Å². The molecule has 5 aromatic rings. The Balaban J connectivity index is 1.51. The van der Waals surface area contributed by atoms with Gasteiger partial charge in [-0.3, -0.25) is 14.9 Å². The van der Waals surface area contributed by atoms with E-state index in [-0.39, 0.29) is 5.56 Å². The third kappa shape index (κ3) is 4.03. The molecular weight excluding hydrogens is 499 g/mol. The molecule has 2 aromatic carbocycles. The topological polar surface area (TPSA) is 63.6 Å². The van der Waals surface area contributed by atoms with Crippen molar-refractivity contribution in [3.63, 3.8) is 0 Å². The third-order valence-electron chi connectivity index (χ3n) is 5.30. The fraction of sp³-hybridized carbons (Fsp3) is 0.0800. The van der Waals surface area contributed by atoms with Crippen LogP contribution >= 0.6 is 22.6 Å². The number of benzene rings is 2. The van der Waals surface area contributed by atoms with Crippen LogP contribution in [0, 0.1) is 10.5 Å². The summed E-state index contributed by atoms with van der Waals surface area (Å²) in [6, 6.07) is 22.0. The van der Waals surface area contributed by atoms with Gasteiger partial charge in [0.25, 0.3) is 5.56 Å². The number of hydrogen-bond acceptors (Lipinski definition) is 3. The summed E-state index contributed by atoms with van der Waals surface area (Å²) in [5.74, 6) is 0. The first-order valence-electron chi connectivity index (χ1n) is 9.93. The zero-order valence-corrected chi connectivity index (χ0v) is 19.0. The molecule has 0 saturated heterocycles. The molecule has 0 amide bonds. The minimum atomic E-state index is -0.0198. The van der Waals surface area contributed by atoms with Crippen molar-refractivity contribution in [1.29, 1.82) is 0 Å². The SMILES string of the molecule is Cc1cc(-c2n[nH]c3ccc(-c4ccn(Cc5cccc(I)c5)c(=O)c4)cc23)ccn1. The predicted octanol–water partition coefficient (Wildman–Crippen LogP) is 5.41. The molecule has 0 unspecified atom stereocenters. The van der Waals surface area contributed by atoms with Crippen molar-refractivity contribution in [3.8, 4) is 22.4 Å². The summed E-state index contributed by atoms with van der Waals surface area (Å²) >= 11 is 2.29. The quantitative estimate of drug-likeness (QED) is 0.324. The molecule has 3 heterocycles. The number of hydrogen-bond donors (Lipinski definition) is 1. The van der Waals surface area contributed by atoms with Gasteiger partial charge in [0.2, 0.25) is 0 Å². The standard InChI is InChI=1S/C25H19IN4O/c1-16-11-20(7-9-27-16)25-22-13-18(5-6-23(22)28-29-25)19-8-10-30(24(31)14-19)15-17-3-2-4-21(26)12-17/h2-14H,15H2,1H3,(H,28,29). The molecule has 3 aromatic heterocycles. The number of pyridine rings is 2. The number of H-pyrrole nitrogens is 1. The van der Waals surface area contributed by atoms with Gasteiger partial charge in [-0.1, -0.05) is 18.2 Å². The molecule has 0 spiro atoms. The Morgan fingerprint density at radius 3 is 2.65 bits per heavy atom. The van der Waals surface area contributed by atoms with Gasteiger partial charge >= 0.3 is 0 Å². The molecule has 6 heteroatoms. The summed E-state index contributed by atoms with van der Waals surface area (Å²) in [6.45, 7) is 2.53. The Kier molecular flexibility index (Phi) is 5.15. The fourth-order valence-corrected chi connectivity index (χ4v) is 4.36. The van der Waals surface area contributed by atoms with Crippen LogP contribution in [0.5, 0.6) is 0 Å². The number of halogens is 1. The van der Waals surface area contributed by atoms with Crippen LogP contribution in [0.15, 0.2) is 83.9 Å². The summed E-state index contributed by atoms with van der Waals surface area (Å²) in [6.07, 6.45) is 3.66. The van der Waals surface area contributed by atoms with Gasteiger partial charge in [-0.25, -0.2) is 0 Å². The maximum atomic E-state index is 12.8. The Morgan fingerprint density at radius 2 is 1.84 bits per heavy atom. The predicted molar refractivity (Wildman–Crippen MR) is 132 cm³/mol. The summed E-state index contributed by atoms with van der Waals surface area (Å²) in [4.78, 5) is 17.0. The van der Waals surface area contributed by atoms with Crippen LogP contribution in [-0.4, -0.2) is 19.7 Å². The van der Waals surface area contributed by atoms with E-state index in [0.29, 0.717) is 6.54 Å². The first-order valence-corrected chi connectivity index (χ1v) is 11.0. The molecule has 0 fully saturated rings. The van der Waals surface area contributed by atoms with Crippen LogP contribution in [0.1, 0.15) is 11.3 Å². The number of rotatable bonds is 4. The minimum Gasteiger partial charge on any atom is -0.311 e. The zero-order chi connectivity index (χ0) is 21.4. The number of aryl methyl sites for hydroxylation is 1. The summed E-state index contributed by atoms with van der Waals surface area (Å²) in [7, 11) is 0. The first kappa shape index (κ1) is 19.7. The van der Waals surface area contributed by atoms with Crippen LogP contribution in [0.3, 0.4) is 0 Å². The number of aromatic nitrogens is 4. The second-order valence-electron chi connectivity index (χ2n) is 7.53. The van der Waals surface area contributed by atoms with Gasteiger partial charge in [0.1, 0.15) is 5.69 Å². The second kappa shape index (κ2) is 8.11. The lowest BCUT2D eigenvalue weighted by Gasteiger charge is -2.08. The lowest BCUT2D eigenvalue weighted by molar-refractivity contribution is 0.760. The fourth-order valence-electron chi connectivity index (χ4n) is 3.76. The van der Waals surface area contributed by atoms with Gasteiger partial charge in [-0.05, 0) is 88.7 Å². The van der Waals surface area contributed by atoms with Gasteiger partial charge in [0.15, 0.2) is 0 Å². The lowest BCUT2D eigenvalue weighted by atomic mass is 10.0. The van der Waals surface area contributed by atoms with Crippen LogP contribution < -0.4 is 5.56 Å². The van der Waals surface area contributed by atoms with Crippen molar-refractivity contribution < 1.29 is 0 Å². The molecule has 5 nitrogen and oxygen atoms in total. The average Bonchev–Trinajstić information content (AvgIpc) is 3.18. The van der Waals surface area contributed by atoms with Crippen LogP contribution in [-0.2, 0) is 6.54 Å². The van der Waals surface area contributed by atoms with E-state index in [1.807, 2.05) is 61.7 Å². The second-order valence-corrected chi connectivity index (χ2v) is 8.78. The number of nitrogens with one attached hydrogen (secondary N) is 1. The zero-order valence-electron chi connectivity index (χ0n) is 16.8. The van der Waals surface area contributed by atoms with Crippen molar-refractivity contribution in [1.82, 2.24) is 19.7 Å². The van der Waals surface area contributed by atoms with E-state index in [0.717, 1.165) is 48.1 Å². The molecule has 1 N–H and O–H groups in total. The monoisotopic (exact) mass is 518 g/mol. The highest BCUT2D eigenvalue weighted by molar-refractivity contribution is 14.1. The van der Waals surface area contributed by atoms with Crippen LogP contribution in [0.2, 0.25) is 0 Å². The Morgan fingerprint density at radius 1 is 0.968 bits per heavy atom. The highest BCUT2D eigenvalue weighted by Gasteiger charge is 2.11. The molecule has 0 atom stereocenters. The summed E-state index contributed by atoms with van der Waals surface area (Å²) in [5, 5.41) is 8.63. The lowest BCUT2D eigenvalue weighted by Crippen LogP contribution is -2.19. The number of nitrogens with zero attached hydrogens (tertiary/aromatic N) is 3. The van der Waals surface area contributed by atoms with Crippen molar-refractivity contribution in [2.75, 3.05) is 0 Å². The van der Waals surface area contributed by atoms with Crippen LogP contribution in [0.4, 0.5) is 0 Å². The van der Waals surface area contributed by atoms with E-state index in [4.69, 9.17) is 0 Å². The largest absolute Gasteiger partial charge is 0.311 e. The highest BCUT2D eigenvalue weighted by Crippen LogP contribution is 2.30. The molecular formula is C25H19IN4O. The van der Waals surface area contributed by atoms with E-state index < -0.39 is 0 Å². The molecule has 0 aliphatic rings. The maximum absolute atomic E-state index is 12.8.